The lowest BCUT2D eigenvalue weighted by atomic mass is 9.76. The number of esters is 2. The Balaban J connectivity index is 0.000000226. The minimum Gasteiger partial charge on any atom is -0.441 e. The van der Waals surface area contributed by atoms with E-state index in [9.17, 15) is 9.59 Å². The molecular weight excluding hydrogens is 937 g/mol. The molecule has 2 heterocycles. The smallest absolute Gasteiger partial charge is 0.340 e. The van der Waals surface area contributed by atoms with Gasteiger partial charge in [0, 0.05) is 108 Å². The summed E-state index contributed by atoms with van der Waals surface area (Å²) in [5, 5.41) is 0. The van der Waals surface area contributed by atoms with Crippen LogP contribution in [0.2, 0.25) is 0 Å². The van der Waals surface area contributed by atoms with Crippen molar-refractivity contribution >= 4 is 34.7 Å². The first-order valence-electron chi connectivity index (χ1n) is 28.9. The van der Waals surface area contributed by atoms with Crippen molar-refractivity contribution in [3.8, 4) is 0 Å². The molecule has 0 aliphatic carbocycles. The van der Waals surface area contributed by atoms with E-state index in [-0.39, 0.29) is 11.9 Å². The summed E-state index contributed by atoms with van der Waals surface area (Å²) in [6.45, 7) is 34.3. The van der Waals surface area contributed by atoms with E-state index in [0.717, 1.165) is 108 Å². The molecule has 76 heavy (non-hydrogen) atoms. The molecule has 0 saturated heterocycles. The lowest BCUT2D eigenvalue weighted by Crippen LogP contribution is -2.32. The Hall–Kier alpha value is -6.54. The maximum Gasteiger partial charge on any atom is 0.340 e. The maximum absolute atomic E-state index is 13.4. The van der Waals surface area contributed by atoms with Gasteiger partial charge in [-0.25, -0.2) is 9.59 Å². The summed E-state index contributed by atoms with van der Waals surface area (Å²) in [6.07, 6.45) is 9.44. The molecule has 0 spiro atoms. The Morgan fingerprint density at radius 1 is 0.342 bits per heavy atom. The van der Waals surface area contributed by atoms with Crippen LogP contribution in [-0.2, 0) is 20.7 Å². The molecule has 0 bridgehead atoms. The zero-order valence-electron chi connectivity index (χ0n) is 48.3. The quantitative estimate of drug-likeness (QED) is 0.0556. The van der Waals surface area contributed by atoms with Crippen molar-refractivity contribution in [1.29, 1.82) is 0 Å². The van der Waals surface area contributed by atoms with E-state index in [1.54, 1.807) is 0 Å². The molecule has 0 aromatic heterocycles. The maximum atomic E-state index is 13.4. The third-order valence-corrected chi connectivity index (χ3v) is 16.0. The summed E-state index contributed by atoms with van der Waals surface area (Å²) in [6, 6.07) is 42.3. The Morgan fingerprint density at radius 3 is 0.855 bits per heavy atom. The predicted octanol–water partition coefficient (Wildman–Crippen LogP) is 16.0. The number of hydrogen-bond acceptors (Lipinski definition) is 8. The van der Waals surface area contributed by atoms with Gasteiger partial charge >= 0.3 is 11.9 Å². The summed E-state index contributed by atoms with van der Waals surface area (Å²) >= 11 is 0. The molecule has 0 amide bonds. The van der Waals surface area contributed by atoms with Crippen LogP contribution in [0.3, 0.4) is 0 Å². The van der Waals surface area contributed by atoms with Crippen molar-refractivity contribution in [3.05, 3.63) is 188 Å². The van der Waals surface area contributed by atoms with Crippen LogP contribution in [0.5, 0.6) is 0 Å². The molecule has 0 unspecified atom stereocenters. The van der Waals surface area contributed by atoms with Crippen LogP contribution in [0.15, 0.2) is 121 Å². The van der Waals surface area contributed by atoms with Gasteiger partial charge < -0.3 is 29.1 Å². The second-order valence-corrected chi connectivity index (χ2v) is 21.0. The van der Waals surface area contributed by atoms with Crippen LogP contribution in [-0.4, -0.2) is 64.3 Å². The minimum atomic E-state index is -0.978. The summed E-state index contributed by atoms with van der Waals surface area (Å²) in [7, 11) is 0. The number of hydrogen-bond donors (Lipinski definition) is 0. The van der Waals surface area contributed by atoms with E-state index in [2.05, 4.69) is 182 Å². The molecule has 6 aromatic rings. The number of ether oxygens (including phenoxy) is 2. The summed E-state index contributed by atoms with van der Waals surface area (Å²) < 4.78 is 12.9. The fourth-order valence-electron chi connectivity index (χ4n) is 11.8. The molecule has 2 aliphatic heterocycles. The number of nitrogens with zero attached hydrogens (tertiary/aromatic N) is 4. The van der Waals surface area contributed by atoms with Crippen molar-refractivity contribution in [3.63, 3.8) is 0 Å². The van der Waals surface area contributed by atoms with Crippen molar-refractivity contribution < 1.29 is 19.1 Å². The zero-order valence-corrected chi connectivity index (χ0v) is 48.3. The van der Waals surface area contributed by atoms with E-state index in [1.807, 2.05) is 42.5 Å². The third kappa shape index (κ3) is 11.4. The Labute approximate surface area is 457 Å². The van der Waals surface area contributed by atoms with Gasteiger partial charge in [-0.1, -0.05) is 114 Å². The highest BCUT2D eigenvalue weighted by Crippen LogP contribution is 2.51. The third-order valence-electron chi connectivity index (χ3n) is 16.0. The van der Waals surface area contributed by atoms with E-state index in [1.165, 1.54) is 74.1 Å². The standard InChI is InChI=1S/C38H52N2O2.C30H36N2O2/c1-7-11-23-39(24-12-8-2)31-19-21-34(29(5)27-31)38(36-18-16-15-17-33(36)37(41)42-38)35-22-20-32(28-30(35)6)40(25-13-9-3)26-14-10-4;1-7-31(8-2)23-15-17-26(21(5)19-23)30(28-14-12-11-13-25(28)29(33)34-30)27-18-16-24(20-22(27)6)32(9-3)10-4/h15-22,27-28H,7-14,23-26H2,1-6H3;11-20H,7-10H2,1-6H3. The summed E-state index contributed by atoms with van der Waals surface area (Å²) in [5.74, 6) is -0.521. The monoisotopic (exact) mass is 1020 g/mol. The van der Waals surface area contributed by atoms with E-state index in [0.29, 0.717) is 11.1 Å². The summed E-state index contributed by atoms with van der Waals surface area (Å²) in [5.41, 5.74) is 14.7. The first kappa shape index (κ1) is 57.2. The summed E-state index contributed by atoms with van der Waals surface area (Å²) in [4.78, 5) is 36.3. The zero-order chi connectivity index (χ0) is 54.6. The van der Waals surface area contributed by atoms with Gasteiger partial charge in [0.2, 0.25) is 0 Å². The molecule has 0 atom stereocenters. The van der Waals surface area contributed by atoms with E-state index in [4.69, 9.17) is 9.47 Å². The molecule has 0 radical (unpaired) electrons. The number of rotatable bonds is 24. The number of cyclic esters (lactones) is 2. The average molecular weight is 1030 g/mol. The number of carbonyl (C=O) groups is 2. The van der Waals surface area contributed by atoms with Gasteiger partial charge in [-0.2, -0.15) is 0 Å². The fraction of sp³-hybridized carbons (Fsp3) is 0.441. The number of benzene rings is 6. The molecule has 0 fully saturated rings. The van der Waals surface area contributed by atoms with Gasteiger partial charge in [-0.05, 0) is 164 Å². The fourth-order valence-corrected chi connectivity index (χ4v) is 11.8. The highest BCUT2D eigenvalue weighted by atomic mass is 16.6. The van der Waals surface area contributed by atoms with Gasteiger partial charge in [-0.15, -0.1) is 0 Å². The number of unbranched alkanes of at least 4 members (excludes halogenated alkanes) is 4. The first-order chi connectivity index (χ1) is 36.8. The normalized spacial score (nSPS) is 13.8. The molecule has 8 rings (SSSR count). The number of anilines is 4. The number of aryl methyl sites for hydroxylation is 4. The Bertz CT molecular complexity index is 2770. The topological polar surface area (TPSA) is 65.6 Å². The van der Waals surface area contributed by atoms with Crippen LogP contribution in [0.25, 0.3) is 0 Å². The molecule has 0 saturated carbocycles. The number of carbonyl (C=O) groups excluding carboxylic acids is 2. The van der Waals surface area contributed by atoms with Crippen molar-refractivity contribution in [2.75, 3.05) is 72.0 Å². The van der Waals surface area contributed by atoms with Gasteiger partial charge in [0.15, 0.2) is 11.2 Å². The molecule has 8 heteroatoms. The van der Waals surface area contributed by atoms with Crippen molar-refractivity contribution in [2.45, 2.75) is 146 Å². The largest absolute Gasteiger partial charge is 0.441 e. The second-order valence-electron chi connectivity index (χ2n) is 21.0. The average Bonchev–Trinajstić information content (AvgIpc) is 4.00. The highest BCUT2D eigenvalue weighted by molar-refractivity contribution is 5.97. The van der Waals surface area contributed by atoms with Crippen LogP contribution in [0.1, 0.15) is 183 Å². The van der Waals surface area contributed by atoms with E-state index >= 15 is 0 Å². The molecular formula is C68H88N4O4. The van der Waals surface area contributed by atoms with Crippen LogP contribution in [0.4, 0.5) is 22.7 Å². The Morgan fingerprint density at radius 2 is 0.605 bits per heavy atom. The van der Waals surface area contributed by atoms with Crippen molar-refractivity contribution in [2.24, 2.45) is 0 Å². The van der Waals surface area contributed by atoms with Crippen molar-refractivity contribution in [1.82, 2.24) is 0 Å². The molecule has 6 aromatic carbocycles. The molecule has 2 aliphatic rings. The first-order valence-corrected chi connectivity index (χ1v) is 28.9. The molecule has 0 N–H and O–H groups in total. The minimum absolute atomic E-state index is 0.252. The van der Waals surface area contributed by atoms with Gasteiger partial charge in [0.05, 0.1) is 11.1 Å². The lowest BCUT2D eigenvalue weighted by Gasteiger charge is -2.35. The lowest BCUT2D eigenvalue weighted by molar-refractivity contribution is 0.0239. The van der Waals surface area contributed by atoms with Crippen LogP contribution >= 0.6 is 0 Å². The SMILES string of the molecule is CCCCN(CCCC)c1ccc(C2(c3ccc(N(CCCC)CCCC)cc3C)OC(=O)c3ccccc32)c(C)c1.CCN(CC)c1ccc(C2(c3ccc(N(CC)CC)cc3C)OC(=O)c3ccccc32)c(C)c1. The highest BCUT2D eigenvalue weighted by Gasteiger charge is 2.51. The molecule has 404 valence electrons. The molecule has 8 nitrogen and oxygen atoms in total. The van der Waals surface area contributed by atoms with Gasteiger partial charge in [0.1, 0.15) is 0 Å². The number of fused-ring (bicyclic) bond motifs is 2. The second kappa shape index (κ2) is 26.0. The van der Waals surface area contributed by atoms with Gasteiger partial charge in [0.25, 0.3) is 0 Å². The Kier molecular flexibility index (Phi) is 19.6. The van der Waals surface area contributed by atoms with Crippen LogP contribution in [0, 0.1) is 27.7 Å². The predicted molar refractivity (Wildman–Crippen MR) is 319 cm³/mol. The van der Waals surface area contributed by atoms with Gasteiger partial charge in [-0.3, -0.25) is 0 Å². The van der Waals surface area contributed by atoms with E-state index < -0.39 is 11.2 Å². The van der Waals surface area contributed by atoms with Crippen LogP contribution < -0.4 is 19.6 Å².